The van der Waals surface area contributed by atoms with Crippen LogP contribution in [0, 0.1) is 18.3 Å². The van der Waals surface area contributed by atoms with Crippen molar-refractivity contribution in [2.75, 3.05) is 13.1 Å². The van der Waals surface area contributed by atoms with E-state index < -0.39 is 0 Å². The van der Waals surface area contributed by atoms with Crippen molar-refractivity contribution in [1.29, 1.82) is 0 Å². The predicted molar refractivity (Wildman–Crippen MR) is 86.7 cm³/mol. The number of hydrogen-bond donors (Lipinski definition) is 1. The van der Waals surface area contributed by atoms with E-state index in [2.05, 4.69) is 30.0 Å². The van der Waals surface area contributed by atoms with E-state index in [0.717, 1.165) is 25.4 Å². The lowest BCUT2D eigenvalue weighted by Gasteiger charge is -2.46. The summed E-state index contributed by atoms with van der Waals surface area (Å²) in [6.07, 6.45) is 16.5. The summed E-state index contributed by atoms with van der Waals surface area (Å²) in [5, 5.41) is 3.83. The molecule has 1 saturated carbocycles. The summed E-state index contributed by atoms with van der Waals surface area (Å²) in [5.41, 5.74) is 0. The normalized spacial score (nSPS) is 30.9. The summed E-state index contributed by atoms with van der Waals surface area (Å²) in [5.74, 6) is 3.94. The third-order valence-corrected chi connectivity index (χ3v) is 5.34. The monoisotopic (exact) mass is 276 g/mol. The number of piperazine rings is 1. The Morgan fingerprint density at radius 1 is 1.25 bits per heavy atom. The van der Waals surface area contributed by atoms with Crippen LogP contribution in [-0.2, 0) is 0 Å². The highest BCUT2D eigenvalue weighted by Gasteiger charge is 2.34. The van der Waals surface area contributed by atoms with Crippen molar-refractivity contribution < 1.29 is 0 Å². The highest BCUT2D eigenvalue weighted by molar-refractivity contribution is 5.04. The number of nitrogens with one attached hydrogen (secondary N) is 1. The van der Waals surface area contributed by atoms with E-state index in [-0.39, 0.29) is 0 Å². The lowest BCUT2D eigenvalue weighted by molar-refractivity contribution is 0.0715. The molecular formula is C18H32N2. The van der Waals surface area contributed by atoms with E-state index in [0.29, 0.717) is 18.1 Å². The summed E-state index contributed by atoms with van der Waals surface area (Å²) in [6.45, 7) is 6.82. The maximum absolute atomic E-state index is 5.82. The average Bonchev–Trinajstić information content (AvgIpc) is 2.53. The van der Waals surface area contributed by atoms with Gasteiger partial charge in [0.25, 0.3) is 0 Å². The molecule has 0 spiro atoms. The third kappa shape index (κ3) is 3.77. The molecule has 0 aromatic carbocycles. The molecular weight excluding hydrogens is 244 g/mol. The summed E-state index contributed by atoms with van der Waals surface area (Å²) in [7, 11) is 0. The van der Waals surface area contributed by atoms with Gasteiger partial charge in [-0.05, 0) is 31.6 Å². The molecule has 2 rings (SSSR count). The van der Waals surface area contributed by atoms with Gasteiger partial charge < -0.3 is 5.32 Å². The number of terminal acetylenes is 1. The molecule has 1 heterocycles. The average molecular weight is 276 g/mol. The fourth-order valence-electron chi connectivity index (χ4n) is 4.08. The van der Waals surface area contributed by atoms with Gasteiger partial charge in [-0.25, -0.2) is 0 Å². The van der Waals surface area contributed by atoms with Crippen LogP contribution >= 0.6 is 0 Å². The van der Waals surface area contributed by atoms with Crippen LogP contribution in [0.5, 0.6) is 0 Å². The van der Waals surface area contributed by atoms with Crippen LogP contribution in [0.3, 0.4) is 0 Å². The van der Waals surface area contributed by atoms with E-state index in [1.807, 2.05) is 0 Å². The topological polar surface area (TPSA) is 15.3 Å². The summed E-state index contributed by atoms with van der Waals surface area (Å²) in [6, 6.07) is 1.64. The van der Waals surface area contributed by atoms with E-state index >= 15 is 0 Å². The highest BCUT2D eigenvalue weighted by atomic mass is 15.3. The molecule has 0 bridgehead atoms. The van der Waals surface area contributed by atoms with E-state index in [9.17, 15) is 0 Å². The second-order valence-corrected chi connectivity index (χ2v) is 6.64. The zero-order valence-electron chi connectivity index (χ0n) is 13.4. The van der Waals surface area contributed by atoms with Crippen molar-refractivity contribution in [2.45, 2.75) is 83.3 Å². The Balaban J connectivity index is 2.00. The fraction of sp³-hybridized carbons (Fsp3) is 0.889. The first kappa shape index (κ1) is 15.9. The van der Waals surface area contributed by atoms with Gasteiger partial charge in [-0.15, -0.1) is 6.42 Å². The molecule has 3 unspecified atom stereocenters. The Labute approximate surface area is 125 Å². The minimum atomic E-state index is 0.346. The van der Waals surface area contributed by atoms with E-state index in [1.165, 1.54) is 44.9 Å². The summed E-state index contributed by atoms with van der Waals surface area (Å²) < 4.78 is 0. The minimum absolute atomic E-state index is 0.346. The van der Waals surface area contributed by atoms with Crippen molar-refractivity contribution in [2.24, 2.45) is 5.92 Å². The van der Waals surface area contributed by atoms with Crippen LogP contribution in [0.15, 0.2) is 0 Å². The molecule has 1 saturated heterocycles. The number of nitrogens with zero attached hydrogens (tertiary/aromatic N) is 1. The number of rotatable bonds is 5. The molecule has 0 amide bonds. The Hall–Kier alpha value is -0.520. The molecule has 114 valence electrons. The second kappa shape index (κ2) is 8.05. The van der Waals surface area contributed by atoms with Gasteiger partial charge in [-0.3, -0.25) is 4.90 Å². The van der Waals surface area contributed by atoms with Gasteiger partial charge in [-0.1, -0.05) is 45.5 Å². The van der Waals surface area contributed by atoms with Gasteiger partial charge in [-0.2, -0.15) is 0 Å². The van der Waals surface area contributed by atoms with Crippen LogP contribution < -0.4 is 5.32 Å². The first-order valence-electron chi connectivity index (χ1n) is 8.75. The molecule has 0 radical (unpaired) electrons. The molecule has 2 heteroatoms. The van der Waals surface area contributed by atoms with Crippen LogP contribution in [0.2, 0.25) is 0 Å². The first-order valence-corrected chi connectivity index (χ1v) is 8.75. The van der Waals surface area contributed by atoms with Gasteiger partial charge >= 0.3 is 0 Å². The van der Waals surface area contributed by atoms with Gasteiger partial charge in [0.1, 0.15) is 0 Å². The summed E-state index contributed by atoms with van der Waals surface area (Å²) >= 11 is 0. The van der Waals surface area contributed by atoms with E-state index in [1.54, 1.807) is 0 Å². The Morgan fingerprint density at radius 3 is 2.60 bits per heavy atom. The van der Waals surface area contributed by atoms with Crippen LogP contribution in [0.25, 0.3) is 0 Å². The van der Waals surface area contributed by atoms with E-state index in [4.69, 9.17) is 6.42 Å². The van der Waals surface area contributed by atoms with Crippen molar-refractivity contribution in [3.8, 4) is 12.3 Å². The van der Waals surface area contributed by atoms with Crippen molar-refractivity contribution in [1.82, 2.24) is 10.2 Å². The van der Waals surface area contributed by atoms with Gasteiger partial charge in [0.2, 0.25) is 0 Å². The Morgan fingerprint density at radius 2 is 2.00 bits per heavy atom. The molecule has 2 nitrogen and oxygen atoms in total. The standard InChI is InChI=1S/C18H32N2/c1-4-10-16(5-2)20-14-18(19-13-17(20)6-3)15-11-8-7-9-12-15/h2,15-19H,4,6-14H2,1,3H3. The van der Waals surface area contributed by atoms with Crippen LogP contribution in [0.1, 0.15) is 65.2 Å². The first-order chi connectivity index (χ1) is 9.80. The lowest BCUT2D eigenvalue weighted by Crippen LogP contribution is -2.61. The largest absolute Gasteiger partial charge is 0.311 e. The third-order valence-electron chi connectivity index (χ3n) is 5.34. The van der Waals surface area contributed by atoms with Crippen molar-refractivity contribution in [3.63, 3.8) is 0 Å². The molecule has 1 aliphatic heterocycles. The second-order valence-electron chi connectivity index (χ2n) is 6.64. The SMILES string of the molecule is C#CC(CCC)N1CC(C2CCCCC2)NCC1CC. The van der Waals surface area contributed by atoms with Crippen molar-refractivity contribution >= 4 is 0 Å². The zero-order chi connectivity index (χ0) is 14.4. The van der Waals surface area contributed by atoms with Gasteiger partial charge in [0.15, 0.2) is 0 Å². The molecule has 1 aliphatic carbocycles. The van der Waals surface area contributed by atoms with Gasteiger partial charge in [0, 0.05) is 25.2 Å². The number of hydrogen-bond acceptors (Lipinski definition) is 2. The Bertz CT molecular complexity index is 314. The van der Waals surface area contributed by atoms with Crippen molar-refractivity contribution in [3.05, 3.63) is 0 Å². The lowest BCUT2D eigenvalue weighted by atomic mass is 9.82. The molecule has 2 aliphatic rings. The molecule has 20 heavy (non-hydrogen) atoms. The maximum Gasteiger partial charge on any atom is 0.0715 e. The predicted octanol–water partition coefficient (Wildman–Crippen LogP) is 3.42. The summed E-state index contributed by atoms with van der Waals surface area (Å²) in [4.78, 5) is 2.64. The minimum Gasteiger partial charge on any atom is -0.311 e. The molecule has 0 aromatic rings. The highest BCUT2D eigenvalue weighted by Crippen LogP contribution is 2.29. The van der Waals surface area contributed by atoms with Gasteiger partial charge in [0.05, 0.1) is 6.04 Å². The van der Waals surface area contributed by atoms with Crippen LogP contribution in [0.4, 0.5) is 0 Å². The maximum atomic E-state index is 5.82. The molecule has 2 fully saturated rings. The molecule has 0 aromatic heterocycles. The van der Waals surface area contributed by atoms with Crippen LogP contribution in [-0.4, -0.2) is 36.1 Å². The smallest absolute Gasteiger partial charge is 0.0715 e. The molecule has 1 N–H and O–H groups in total. The zero-order valence-corrected chi connectivity index (χ0v) is 13.4. The fourth-order valence-corrected chi connectivity index (χ4v) is 4.08. The quantitative estimate of drug-likeness (QED) is 0.774. The molecule has 3 atom stereocenters. The Kier molecular flexibility index (Phi) is 6.39.